The summed E-state index contributed by atoms with van der Waals surface area (Å²) in [5.41, 5.74) is 0. The largest absolute Gasteiger partial charge is 0.468 e. The predicted molar refractivity (Wildman–Crippen MR) is 73.1 cm³/mol. The van der Waals surface area contributed by atoms with Crippen LogP contribution in [0.4, 0.5) is 0 Å². The van der Waals surface area contributed by atoms with Gasteiger partial charge in [-0.3, -0.25) is 9.69 Å². The molecule has 1 fully saturated rings. The van der Waals surface area contributed by atoms with Crippen molar-refractivity contribution in [3.8, 4) is 0 Å². The Balaban J connectivity index is 2.03. The van der Waals surface area contributed by atoms with E-state index < -0.39 is 0 Å². The van der Waals surface area contributed by atoms with E-state index in [4.69, 9.17) is 9.26 Å². The summed E-state index contributed by atoms with van der Waals surface area (Å²) in [4.78, 5) is 18.0. The van der Waals surface area contributed by atoms with Gasteiger partial charge in [0.25, 0.3) is 0 Å². The summed E-state index contributed by atoms with van der Waals surface area (Å²) < 4.78 is 9.99. The van der Waals surface area contributed by atoms with Gasteiger partial charge >= 0.3 is 5.97 Å². The Morgan fingerprint density at radius 3 is 2.70 bits per heavy atom. The molecular weight excluding hydrogens is 258 g/mol. The van der Waals surface area contributed by atoms with Crippen molar-refractivity contribution in [2.75, 3.05) is 13.7 Å². The molecule has 0 amide bonds. The van der Waals surface area contributed by atoms with Crippen LogP contribution in [0, 0.1) is 0 Å². The number of nitrogens with zero attached hydrogens (tertiary/aromatic N) is 3. The Labute approximate surface area is 119 Å². The number of aromatic nitrogens is 2. The molecular formula is C14H23N3O3. The first-order valence-electron chi connectivity index (χ1n) is 7.23. The molecule has 0 unspecified atom stereocenters. The fourth-order valence-electron chi connectivity index (χ4n) is 2.56. The summed E-state index contributed by atoms with van der Waals surface area (Å²) >= 11 is 0. The highest BCUT2D eigenvalue weighted by atomic mass is 16.5. The van der Waals surface area contributed by atoms with Gasteiger partial charge in [0, 0.05) is 12.0 Å². The zero-order chi connectivity index (χ0) is 14.5. The third kappa shape index (κ3) is 3.79. The summed E-state index contributed by atoms with van der Waals surface area (Å²) in [5, 5.41) is 4.00. The minimum Gasteiger partial charge on any atom is -0.468 e. The van der Waals surface area contributed by atoms with E-state index in [0.717, 1.165) is 12.8 Å². The molecule has 1 aromatic heterocycles. The van der Waals surface area contributed by atoms with E-state index in [-0.39, 0.29) is 18.4 Å². The topological polar surface area (TPSA) is 68.5 Å². The van der Waals surface area contributed by atoms with E-state index in [1.165, 1.54) is 20.0 Å². The van der Waals surface area contributed by atoms with Gasteiger partial charge in [-0.15, -0.1) is 0 Å². The second-order valence-corrected chi connectivity index (χ2v) is 5.62. The quantitative estimate of drug-likeness (QED) is 0.744. The molecule has 0 radical (unpaired) electrons. The highest BCUT2D eigenvalue weighted by Gasteiger charge is 2.26. The van der Waals surface area contributed by atoms with E-state index >= 15 is 0 Å². The van der Waals surface area contributed by atoms with Crippen LogP contribution in [0.2, 0.25) is 0 Å². The van der Waals surface area contributed by atoms with Crippen molar-refractivity contribution in [3.63, 3.8) is 0 Å². The lowest BCUT2D eigenvalue weighted by Crippen LogP contribution is -2.37. The second kappa shape index (κ2) is 6.83. The first-order chi connectivity index (χ1) is 9.60. The number of carbonyl (C=O) groups is 1. The predicted octanol–water partition coefficient (Wildman–Crippen LogP) is 2.11. The van der Waals surface area contributed by atoms with Gasteiger partial charge in [-0.1, -0.05) is 31.8 Å². The van der Waals surface area contributed by atoms with Crippen LogP contribution in [-0.2, 0) is 16.1 Å². The molecule has 0 saturated heterocycles. The number of hydrogen-bond donors (Lipinski definition) is 0. The average molecular weight is 281 g/mol. The molecule has 1 aliphatic rings. The van der Waals surface area contributed by atoms with E-state index in [0.29, 0.717) is 24.3 Å². The molecule has 6 nitrogen and oxygen atoms in total. The summed E-state index contributed by atoms with van der Waals surface area (Å²) in [6, 6.07) is 0.412. The number of hydrogen-bond acceptors (Lipinski definition) is 6. The van der Waals surface area contributed by atoms with Gasteiger partial charge in [-0.05, 0) is 12.8 Å². The van der Waals surface area contributed by atoms with E-state index in [1.54, 1.807) is 0 Å². The van der Waals surface area contributed by atoms with Gasteiger partial charge in [-0.25, -0.2) is 0 Å². The maximum Gasteiger partial charge on any atom is 0.319 e. The van der Waals surface area contributed by atoms with E-state index in [2.05, 4.69) is 15.0 Å². The molecule has 112 valence electrons. The fraction of sp³-hybridized carbons (Fsp3) is 0.786. The standard InChI is InChI=1S/C14H23N3O3/c1-10(2)14-15-12(16-20-14)8-17(9-13(18)19-3)11-6-4-5-7-11/h10-11H,4-9H2,1-3H3. The maximum atomic E-state index is 11.6. The molecule has 0 atom stereocenters. The Hall–Kier alpha value is -1.43. The second-order valence-electron chi connectivity index (χ2n) is 5.62. The van der Waals surface area contributed by atoms with Crippen LogP contribution in [0.5, 0.6) is 0 Å². The molecule has 1 heterocycles. The lowest BCUT2D eigenvalue weighted by atomic mass is 10.2. The average Bonchev–Trinajstić information content (AvgIpc) is 3.08. The van der Waals surface area contributed by atoms with E-state index in [1.807, 2.05) is 13.8 Å². The van der Waals surface area contributed by atoms with Crippen molar-refractivity contribution in [1.82, 2.24) is 15.0 Å². The monoisotopic (exact) mass is 281 g/mol. The van der Waals surface area contributed by atoms with Crippen molar-refractivity contribution >= 4 is 5.97 Å². The lowest BCUT2D eigenvalue weighted by Gasteiger charge is -2.26. The Morgan fingerprint density at radius 2 is 2.15 bits per heavy atom. The minimum atomic E-state index is -0.218. The van der Waals surface area contributed by atoms with Gasteiger partial charge < -0.3 is 9.26 Å². The molecule has 2 rings (SSSR count). The van der Waals surface area contributed by atoms with Crippen molar-refractivity contribution in [2.24, 2.45) is 0 Å². The van der Waals surface area contributed by atoms with E-state index in [9.17, 15) is 4.79 Å². The first-order valence-corrected chi connectivity index (χ1v) is 7.23. The molecule has 1 aromatic rings. The van der Waals surface area contributed by atoms with Crippen LogP contribution in [0.1, 0.15) is 57.2 Å². The molecule has 0 bridgehead atoms. The summed E-state index contributed by atoms with van der Waals surface area (Å²) in [6.07, 6.45) is 4.66. The minimum absolute atomic E-state index is 0.218. The normalized spacial score (nSPS) is 16.2. The molecule has 0 N–H and O–H groups in total. The van der Waals surface area contributed by atoms with Crippen LogP contribution >= 0.6 is 0 Å². The van der Waals surface area contributed by atoms with Gasteiger partial charge in [0.05, 0.1) is 20.2 Å². The first kappa shape index (κ1) is 15.0. The third-order valence-electron chi connectivity index (χ3n) is 3.72. The smallest absolute Gasteiger partial charge is 0.319 e. The maximum absolute atomic E-state index is 11.6. The van der Waals surface area contributed by atoms with Crippen LogP contribution in [0.15, 0.2) is 4.52 Å². The van der Waals surface area contributed by atoms with Gasteiger partial charge in [0.15, 0.2) is 5.82 Å². The van der Waals surface area contributed by atoms with Crippen LogP contribution in [-0.4, -0.2) is 40.7 Å². The Bertz CT molecular complexity index is 439. The molecule has 1 aliphatic carbocycles. The highest BCUT2D eigenvalue weighted by molar-refractivity contribution is 5.71. The molecule has 0 aromatic carbocycles. The molecule has 1 saturated carbocycles. The molecule has 6 heteroatoms. The zero-order valence-electron chi connectivity index (χ0n) is 12.5. The van der Waals surface area contributed by atoms with Crippen LogP contribution in [0.25, 0.3) is 0 Å². The molecule has 20 heavy (non-hydrogen) atoms. The van der Waals surface area contributed by atoms with Crippen molar-refractivity contribution in [2.45, 2.75) is 58.0 Å². The number of methoxy groups -OCH3 is 1. The molecule has 0 aliphatic heterocycles. The van der Waals surface area contributed by atoms with Gasteiger partial charge in [-0.2, -0.15) is 4.98 Å². The van der Waals surface area contributed by atoms with Crippen LogP contribution in [0.3, 0.4) is 0 Å². The summed E-state index contributed by atoms with van der Waals surface area (Å²) in [7, 11) is 1.42. The number of carbonyl (C=O) groups excluding carboxylic acids is 1. The number of ether oxygens (including phenoxy) is 1. The SMILES string of the molecule is COC(=O)CN(Cc1noc(C(C)C)n1)C1CCCC1. The van der Waals surface area contributed by atoms with Gasteiger partial charge in [0.1, 0.15) is 0 Å². The fourth-order valence-corrected chi connectivity index (χ4v) is 2.56. The number of rotatable bonds is 6. The Morgan fingerprint density at radius 1 is 1.45 bits per heavy atom. The number of esters is 1. The van der Waals surface area contributed by atoms with Crippen LogP contribution < -0.4 is 0 Å². The van der Waals surface area contributed by atoms with Crippen molar-refractivity contribution < 1.29 is 14.1 Å². The third-order valence-corrected chi connectivity index (χ3v) is 3.72. The van der Waals surface area contributed by atoms with Crippen molar-refractivity contribution in [3.05, 3.63) is 11.7 Å². The zero-order valence-corrected chi connectivity index (χ0v) is 12.5. The van der Waals surface area contributed by atoms with Gasteiger partial charge in [0.2, 0.25) is 5.89 Å². The lowest BCUT2D eigenvalue weighted by molar-refractivity contribution is -0.142. The summed E-state index contributed by atoms with van der Waals surface area (Å²) in [6.45, 7) is 4.85. The molecule has 0 spiro atoms. The van der Waals surface area contributed by atoms with Crippen molar-refractivity contribution in [1.29, 1.82) is 0 Å². The summed E-state index contributed by atoms with van der Waals surface area (Å²) in [5.74, 6) is 1.29. The Kier molecular flexibility index (Phi) is 5.11. The highest BCUT2D eigenvalue weighted by Crippen LogP contribution is 2.24.